The number of halogens is 1. The molecule has 0 saturated carbocycles. The van der Waals surface area contributed by atoms with E-state index in [0.29, 0.717) is 28.1 Å². The van der Waals surface area contributed by atoms with Gasteiger partial charge in [0.25, 0.3) is 10.0 Å². The Bertz CT molecular complexity index is 1020. The predicted molar refractivity (Wildman–Crippen MR) is 93.3 cm³/mol. The average Bonchev–Trinajstić information content (AvgIpc) is 3.01. The summed E-state index contributed by atoms with van der Waals surface area (Å²) < 4.78 is 38.0. The zero-order chi connectivity index (χ0) is 18.0. The van der Waals surface area contributed by atoms with Gasteiger partial charge in [0.1, 0.15) is 5.75 Å². The van der Waals surface area contributed by atoms with E-state index in [2.05, 4.69) is 14.9 Å². The van der Waals surface area contributed by atoms with Gasteiger partial charge in [-0.2, -0.15) is 4.98 Å². The summed E-state index contributed by atoms with van der Waals surface area (Å²) in [5.74, 6) is 1.07. The van der Waals surface area contributed by atoms with Crippen molar-refractivity contribution >= 4 is 27.3 Å². The summed E-state index contributed by atoms with van der Waals surface area (Å²) in [4.78, 5) is 4.15. The van der Waals surface area contributed by atoms with Crippen molar-refractivity contribution in [2.75, 3.05) is 11.8 Å². The SMILES string of the molecule is COc1ccc(Cl)cc1NS(=O)(=O)c1cccc(-c2noc(C)n2)c1. The van der Waals surface area contributed by atoms with Gasteiger partial charge in [0.05, 0.1) is 17.7 Å². The van der Waals surface area contributed by atoms with E-state index in [9.17, 15) is 8.42 Å². The highest BCUT2D eigenvalue weighted by atomic mass is 35.5. The van der Waals surface area contributed by atoms with Crippen LogP contribution in [0.3, 0.4) is 0 Å². The van der Waals surface area contributed by atoms with Crippen molar-refractivity contribution in [2.24, 2.45) is 0 Å². The molecule has 3 rings (SSSR count). The lowest BCUT2D eigenvalue weighted by molar-refractivity contribution is 0.394. The smallest absolute Gasteiger partial charge is 0.262 e. The molecule has 0 atom stereocenters. The largest absolute Gasteiger partial charge is 0.495 e. The van der Waals surface area contributed by atoms with Crippen LogP contribution in [-0.4, -0.2) is 25.7 Å². The average molecular weight is 380 g/mol. The molecule has 0 aliphatic rings. The van der Waals surface area contributed by atoms with Gasteiger partial charge in [-0.1, -0.05) is 28.9 Å². The summed E-state index contributed by atoms with van der Waals surface area (Å²) >= 11 is 5.94. The van der Waals surface area contributed by atoms with Crippen LogP contribution in [0.1, 0.15) is 5.89 Å². The third-order valence-corrected chi connectivity index (χ3v) is 4.93. The molecule has 0 aliphatic carbocycles. The quantitative estimate of drug-likeness (QED) is 0.729. The van der Waals surface area contributed by atoms with Crippen molar-refractivity contribution in [1.29, 1.82) is 0 Å². The number of benzene rings is 2. The van der Waals surface area contributed by atoms with Gasteiger partial charge in [-0.3, -0.25) is 4.72 Å². The molecule has 0 radical (unpaired) electrons. The fourth-order valence-corrected chi connectivity index (χ4v) is 3.46. The minimum Gasteiger partial charge on any atom is -0.495 e. The van der Waals surface area contributed by atoms with Crippen molar-refractivity contribution in [3.8, 4) is 17.1 Å². The Hall–Kier alpha value is -2.58. The lowest BCUT2D eigenvalue weighted by Gasteiger charge is -2.12. The molecule has 0 fully saturated rings. The molecular formula is C16H14ClN3O4S. The van der Waals surface area contributed by atoms with Gasteiger partial charge >= 0.3 is 0 Å². The maximum Gasteiger partial charge on any atom is 0.262 e. The summed E-state index contributed by atoms with van der Waals surface area (Å²) in [6.45, 7) is 1.66. The second-order valence-electron chi connectivity index (χ2n) is 5.11. The third-order valence-electron chi connectivity index (χ3n) is 3.34. The Labute approximate surface area is 149 Å². The Morgan fingerprint density at radius 2 is 2.00 bits per heavy atom. The van der Waals surface area contributed by atoms with E-state index in [1.54, 1.807) is 31.2 Å². The number of nitrogens with one attached hydrogen (secondary N) is 1. The number of rotatable bonds is 5. The standard InChI is InChI=1S/C16H14ClN3O4S/c1-10-18-16(19-24-10)11-4-3-5-13(8-11)25(21,22)20-14-9-12(17)6-7-15(14)23-2/h3-9,20H,1-2H3. The summed E-state index contributed by atoms with van der Waals surface area (Å²) in [6.07, 6.45) is 0. The van der Waals surface area contributed by atoms with Crippen LogP contribution in [0.25, 0.3) is 11.4 Å². The number of hydrogen-bond donors (Lipinski definition) is 1. The van der Waals surface area contributed by atoms with Gasteiger partial charge in [0.15, 0.2) is 0 Å². The molecule has 0 saturated heterocycles. The highest BCUT2D eigenvalue weighted by Crippen LogP contribution is 2.30. The zero-order valence-electron chi connectivity index (χ0n) is 13.4. The van der Waals surface area contributed by atoms with Gasteiger partial charge in [0, 0.05) is 17.5 Å². The second kappa shape index (κ2) is 6.73. The first-order valence-corrected chi connectivity index (χ1v) is 9.02. The van der Waals surface area contributed by atoms with Crippen LogP contribution in [0.15, 0.2) is 51.9 Å². The molecule has 9 heteroatoms. The Morgan fingerprint density at radius 1 is 1.20 bits per heavy atom. The first-order valence-electron chi connectivity index (χ1n) is 7.16. The van der Waals surface area contributed by atoms with Gasteiger partial charge in [-0.05, 0) is 30.3 Å². The molecule has 1 aromatic heterocycles. The van der Waals surface area contributed by atoms with Crippen molar-refractivity contribution in [2.45, 2.75) is 11.8 Å². The van der Waals surface area contributed by atoms with Gasteiger partial charge < -0.3 is 9.26 Å². The highest BCUT2D eigenvalue weighted by molar-refractivity contribution is 7.92. The minimum absolute atomic E-state index is 0.0504. The van der Waals surface area contributed by atoms with E-state index >= 15 is 0 Å². The third kappa shape index (κ3) is 3.75. The Morgan fingerprint density at radius 3 is 2.68 bits per heavy atom. The number of methoxy groups -OCH3 is 1. The van der Waals surface area contributed by atoms with Crippen molar-refractivity contribution in [3.63, 3.8) is 0 Å². The monoisotopic (exact) mass is 379 g/mol. The van der Waals surface area contributed by atoms with Crippen molar-refractivity contribution in [3.05, 3.63) is 53.4 Å². The molecule has 0 aliphatic heterocycles. The summed E-state index contributed by atoms with van der Waals surface area (Å²) in [5, 5.41) is 4.18. The molecule has 25 heavy (non-hydrogen) atoms. The molecule has 130 valence electrons. The zero-order valence-corrected chi connectivity index (χ0v) is 14.9. The lowest BCUT2D eigenvalue weighted by Crippen LogP contribution is -2.13. The number of anilines is 1. The van der Waals surface area contributed by atoms with E-state index < -0.39 is 10.0 Å². The summed E-state index contributed by atoms with van der Waals surface area (Å²) in [6, 6.07) is 10.9. The second-order valence-corrected chi connectivity index (χ2v) is 7.23. The lowest BCUT2D eigenvalue weighted by atomic mass is 10.2. The van der Waals surface area contributed by atoms with Crippen LogP contribution in [0.2, 0.25) is 5.02 Å². The molecule has 0 bridgehead atoms. The van der Waals surface area contributed by atoms with Crippen LogP contribution in [-0.2, 0) is 10.0 Å². The van der Waals surface area contributed by atoms with Crippen molar-refractivity contribution in [1.82, 2.24) is 10.1 Å². The normalized spacial score (nSPS) is 11.3. The van der Waals surface area contributed by atoms with Crippen LogP contribution in [0.4, 0.5) is 5.69 Å². The van der Waals surface area contributed by atoms with Gasteiger partial charge in [-0.25, -0.2) is 8.42 Å². The molecule has 3 aromatic rings. The topological polar surface area (TPSA) is 94.3 Å². The van der Waals surface area contributed by atoms with Crippen LogP contribution in [0, 0.1) is 6.92 Å². The number of ether oxygens (including phenoxy) is 1. The van der Waals surface area contributed by atoms with Crippen LogP contribution < -0.4 is 9.46 Å². The van der Waals surface area contributed by atoms with E-state index in [4.69, 9.17) is 20.9 Å². The number of sulfonamides is 1. The summed E-state index contributed by atoms with van der Waals surface area (Å²) in [7, 11) is -2.42. The molecule has 0 unspecified atom stereocenters. The highest BCUT2D eigenvalue weighted by Gasteiger charge is 2.18. The van der Waals surface area contributed by atoms with Gasteiger partial charge in [0.2, 0.25) is 11.7 Å². The van der Waals surface area contributed by atoms with Crippen molar-refractivity contribution < 1.29 is 17.7 Å². The van der Waals surface area contributed by atoms with E-state index in [0.717, 1.165) is 0 Å². The Balaban J connectivity index is 1.97. The number of aromatic nitrogens is 2. The first kappa shape index (κ1) is 17.2. The fourth-order valence-electron chi connectivity index (χ4n) is 2.18. The number of nitrogens with zero attached hydrogens (tertiary/aromatic N) is 2. The molecule has 1 heterocycles. The number of aryl methyl sites for hydroxylation is 1. The molecule has 0 spiro atoms. The molecular weight excluding hydrogens is 366 g/mol. The van der Waals surface area contributed by atoms with Crippen LogP contribution >= 0.6 is 11.6 Å². The molecule has 0 amide bonds. The maximum atomic E-state index is 12.7. The Kier molecular flexibility index (Phi) is 4.65. The maximum absolute atomic E-state index is 12.7. The van der Waals surface area contributed by atoms with Crippen LogP contribution in [0.5, 0.6) is 5.75 Å². The van der Waals surface area contributed by atoms with E-state index in [1.165, 1.54) is 25.3 Å². The summed E-state index contributed by atoms with van der Waals surface area (Å²) in [5.41, 5.74) is 0.772. The van der Waals surface area contributed by atoms with E-state index in [1.807, 2.05) is 0 Å². The molecule has 1 N–H and O–H groups in total. The van der Waals surface area contributed by atoms with E-state index in [-0.39, 0.29) is 10.6 Å². The fraction of sp³-hybridized carbons (Fsp3) is 0.125. The minimum atomic E-state index is -3.86. The predicted octanol–water partition coefficient (Wildman–Crippen LogP) is 3.51. The molecule has 2 aromatic carbocycles. The molecule has 7 nitrogen and oxygen atoms in total. The van der Waals surface area contributed by atoms with Gasteiger partial charge in [-0.15, -0.1) is 0 Å². The first-order chi connectivity index (χ1) is 11.9. The number of hydrogen-bond acceptors (Lipinski definition) is 6.